The summed E-state index contributed by atoms with van der Waals surface area (Å²) in [7, 11) is 1.56. The Labute approximate surface area is 192 Å². The second-order valence-electron chi connectivity index (χ2n) is 7.69. The monoisotopic (exact) mass is 443 g/mol. The van der Waals surface area contributed by atoms with Crippen LogP contribution >= 0.6 is 0 Å². The Morgan fingerprint density at radius 1 is 1.00 bits per heavy atom. The maximum atomic E-state index is 13.2. The molecule has 3 aromatic carbocycles. The zero-order chi connectivity index (χ0) is 23.5. The molecule has 1 aliphatic heterocycles. The SMILES string of the molecule is CCOc1ccc(/C(O)=C2/C(=O)C(=O)N(c3ccc(OC)cc3)C2c2ccccc2)cc1C. The van der Waals surface area contributed by atoms with Crippen LogP contribution in [0.3, 0.4) is 0 Å². The van der Waals surface area contributed by atoms with E-state index in [-0.39, 0.29) is 11.3 Å². The molecule has 3 aromatic rings. The van der Waals surface area contributed by atoms with E-state index < -0.39 is 17.7 Å². The van der Waals surface area contributed by atoms with Crippen molar-refractivity contribution < 1.29 is 24.2 Å². The highest BCUT2D eigenvalue weighted by Gasteiger charge is 2.46. The molecule has 1 amide bonds. The number of anilines is 1. The molecule has 1 unspecified atom stereocenters. The first-order valence-corrected chi connectivity index (χ1v) is 10.7. The van der Waals surface area contributed by atoms with Crippen molar-refractivity contribution in [3.8, 4) is 11.5 Å². The van der Waals surface area contributed by atoms with E-state index in [1.165, 1.54) is 4.90 Å². The Kier molecular flexibility index (Phi) is 6.18. The number of carbonyl (C=O) groups is 2. The minimum Gasteiger partial charge on any atom is -0.507 e. The lowest BCUT2D eigenvalue weighted by atomic mass is 9.94. The zero-order valence-corrected chi connectivity index (χ0v) is 18.7. The van der Waals surface area contributed by atoms with Crippen LogP contribution in [0, 0.1) is 6.92 Å². The first-order valence-electron chi connectivity index (χ1n) is 10.7. The molecule has 6 heteroatoms. The third-order valence-corrected chi connectivity index (χ3v) is 5.66. The van der Waals surface area contributed by atoms with Gasteiger partial charge in [0, 0.05) is 11.3 Å². The summed E-state index contributed by atoms with van der Waals surface area (Å²) in [6.07, 6.45) is 0. The molecule has 33 heavy (non-hydrogen) atoms. The largest absolute Gasteiger partial charge is 0.507 e. The van der Waals surface area contributed by atoms with Gasteiger partial charge < -0.3 is 14.6 Å². The van der Waals surface area contributed by atoms with E-state index >= 15 is 0 Å². The molecule has 168 valence electrons. The van der Waals surface area contributed by atoms with E-state index in [0.717, 1.165) is 11.1 Å². The van der Waals surface area contributed by atoms with Crippen LogP contribution in [0.25, 0.3) is 5.76 Å². The first kappa shape index (κ1) is 22.1. The first-order chi connectivity index (χ1) is 16.0. The second kappa shape index (κ2) is 9.20. The number of aliphatic hydroxyl groups is 1. The lowest BCUT2D eigenvalue weighted by Crippen LogP contribution is -2.29. The number of aliphatic hydroxyl groups excluding tert-OH is 1. The van der Waals surface area contributed by atoms with Gasteiger partial charge in [0.05, 0.1) is 25.3 Å². The van der Waals surface area contributed by atoms with E-state index in [1.54, 1.807) is 49.6 Å². The lowest BCUT2D eigenvalue weighted by molar-refractivity contribution is -0.132. The standard InChI is InChI=1S/C27H25NO5/c1-4-33-22-15-10-19(16-17(22)2)25(29)23-24(18-8-6-5-7-9-18)28(27(31)26(23)30)20-11-13-21(32-3)14-12-20/h5-16,24,29H,4H2,1-3H3/b25-23-. The third kappa shape index (κ3) is 4.07. The second-order valence-corrected chi connectivity index (χ2v) is 7.69. The normalized spacial score (nSPS) is 17.3. The molecule has 0 radical (unpaired) electrons. The minimum absolute atomic E-state index is 0.0468. The van der Waals surface area contributed by atoms with Crippen molar-refractivity contribution in [2.75, 3.05) is 18.6 Å². The van der Waals surface area contributed by atoms with Gasteiger partial charge >= 0.3 is 0 Å². The third-order valence-electron chi connectivity index (χ3n) is 5.66. The zero-order valence-electron chi connectivity index (χ0n) is 18.7. The summed E-state index contributed by atoms with van der Waals surface area (Å²) in [5.41, 5.74) is 2.57. The molecule has 6 nitrogen and oxygen atoms in total. The van der Waals surface area contributed by atoms with E-state index in [9.17, 15) is 14.7 Å². The average Bonchev–Trinajstić information content (AvgIpc) is 3.11. The fourth-order valence-electron chi connectivity index (χ4n) is 4.06. The number of methoxy groups -OCH3 is 1. The lowest BCUT2D eigenvalue weighted by Gasteiger charge is -2.25. The van der Waals surface area contributed by atoms with E-state index in [4.69, 9.17) is 9.47 Å². The fourth-order valence-corrected chi connectivity index (χ4v) is 4.06. The Morgan fingerprint density at radius 2 is 1.70 bits per heavy atom. The summed E-state index contributed by atoms with van der Waals surface area (Å²) in [4.78, 5) is 27.8. The summed E-state index contributed by atoms with van der Waals surface area (Å²) in [5.74, 6) is -0.310. The van der Waals surface area contributed by atoms with Gasteiger partial charge in [0.25, 0.3) is 11.7 Å². The molecular formula is C27H25NO5. The predicted molar refractivity (Wildman–Crippen MR) is 127 cm³/mol. The smallest absolute Gasteiger partial charge is 0.300 e. The summed E-state index contributed by atoms with van der Waals surface area (Å²) >= 11 is 0. The van der Waals surface area contributed by atoms with Crippen molar-refractivity contribution in [1.82, 2.24) is 0 Å². The number of aryl methyl sites for hydroxylation is 1. The van der Waals surface area contributed by atoms with Crippen LogP contribution in [0.5, 0.6) is 11.5 Å². The van der Waals surface area contributed by atoms with Crippen molar-refractivity contribution in [2.24, 2.45) is 0 Å². The Balaban J connectivity index is 1.88. The Morgan fingerprint density at radius 3 is 2.30 bits per heavy atom. The average molecular weight is 443 g/mol. The van der Waals surface area contributed by atoms with Gasteiger partial charge in [-0.15, -0.1) is 0 Å². The van der Waals surface area contributed by atoms with Crippen LogP contribution in [0.15, 0.2) is 78.4 Å². The Bertz CT molecular complexity index is 1220. The summed E-state index contributed by atoms with van der Waals surface area (Å²) in [5, 5.41) is 11.3. The van der Waals surface area contributed by atoms with Crippen LogP contribution < -0.4 is 14.4 Å². The van der Waals surface area contributed by atoms with Gasteiger partial charge in [0.2, 0.25) is 0 Å². The van der Waals surface area contributed by atoms with Crippen LogP contribution in [0.4, 0.5) is 5.69 Å². The van der Waals surface area contributed by atoms with Crippen molar-refractivity contribution in [1.29, 1.82) is 0 Å². The minimum atomic E-state index is -0.772. The van der Waals surface area contributed by atoms with E-state index in [2.05, 4.69) is 0 Å². The summed E-state index contributed by atoms with van der Waals surface area (Å²) in [6.45, 7) is 4.29. The molecule has 0 spiro atoms. The van der Waals surface area contributed by atoms with Crippen LogP contribution in [-0.2, 0) is 9.59 Å². The molecule has 1 atom stereocenters. The number of ether oxygens (including phenoxy) is 2. The van der Waals surface area contributed by atoms with Crippen LogP contribution in [0.2, 0.25) is 0 Å². The molecule has 1 heterocycles. The highest BCUT2D eigenvalue weighted by molar-refractivity contribution is 6.51. The summed E-state index contributed by atoms with van der Waals surface area (Å²) < 4.78 is 10.8. The maximum Gasteiger partial charge on any atom is 0.300 e. The molecular weight excluding hydrogens is 418 g/mol. The Hall–Kier alpha value is -4.06. The van der Waals surface area contributed by atoms with Gasteiger partial charge in [-0.25, -0.2) is 0 Å². The van der Waals surface area contributed by atoms with Crippen LogP contribution in [-0.4, -0.2) is 30.5 Å². The maximum absolute atomic E-state index is 13.2. The molecule has 0 aliphatic carbocycles. The van der Waals surface area contributed by atoms with Gasteiger partial charge in [-0.2, -0.15) is 0 Å². The molecule has 1 saturated heterocycles. The topological polar surface area (TPSA) is 76.1 Å². The summed E-state index contributed by atoms with van der Waals surface area (Å²) in [6, 6.07) is 20.5. The van der Waals surface area contributed by atoms with Crippen molar-refractivity contribution in [3.63, 3.8) is 0 Å². The number of ketones is 1. The molecule has 1 aliphatic rings. The van der Waals surface area contributed by atoms with Gasteiger partial charge in [-0.1, -0.05) is 30.3 Å². The molecule has 0 saturated carbocycles. The highest BCUT2D eigenvalue weighted by atomic mass is 16.5. The molecule has 0 bridgehead atoms. The van der Waals surface area contributed by atoms with E-state index in [1.807, 2.05) is 44.2 Å². The number of rotatable bonds is 6. The van der Waals surface area contributed by atoms with Gasteiger partial charge in [0.1, 0.15) is 17.3 Å². The van der Waals surface area contributed by atoms with Crippen LogP contribution in [0.1, 0.15) is 29.7 Å². The van der Waals surface area contributed by atoms with E-state index in [0.29, 0.717) is 29.4 Å². The fraction of sp³-hybridized carbons (Fsp3) is 0.185. The molecule has 4 rings (SSSR count). The number of carbonyl (C=O) groups excluding carboxylic acids is 2. The van der Waals surface area contributed by atoms with Crippen molar-refractivity contribution >= 4 is 23.1 Å². The molecule has 0 aromatic heterocycles. The number of benzene rings is 3. The number of hydrogen-bond donors (Lipinski definition) is 1. The van der Waals surface area contributed by atoms with Crippen molar-refractivity contribution in [3.05, 3.63) is 95.1 Å². The van der Waals surface area contributed by atoms with Gasteiger partial charge in [-0.3, -0.25) is 14.5 Å². The number of nitrogens with zero attached hydrogens (tertiary/aromatic N) is 1. The molecule has 1 N–H and O–H groups in total. The predicted octanol–water partition coefficient (Wildman–Crippen LogP) is 5.03. The van der Waals surface area contributed by atoms with Crippen molar-refractivity contribution in [2.45, 2.75) is 19.9 Å². The van der Waals surface area contributed by atoms with Gasteiger partial charge in [0.15, 0.2) is 0 Å². The quantitative estimate of drug-likeness (QED) is 0.329. The number of hydrogen-bond acceptors (Lipinski definition) is 5. The molecule has 1 fully saturated rings. The number of Topliss-reactive ketones (excluding diaryl/α,β-unsaturated/α-hetero) is 1. The highest BCUT2D eigenvalue weighted by Crippen LogP contribution is 2.42. The van der Waals surface area contributed by atoms with Gasteiger partial charge in [-0.05, 0) is 67.4 Å². The number of amides is 1.